The van der Waals surface area contributed by atoms with E-state index in [1.807, 2.05) is 6.92 Å². The van der Waals surface area contributed by atoms with E-state index in [2.05, 4.69) is 20.4 Å². The molecule has 2 aromatic heterocycles. The third-order valence-electron chi connectivity index (χ3n) is 3.69. The Kier molecular flexibility index (Phi) is 4.78. The van der Waals surface area contributed by atoms with Crippen LogP contribution in [-0.2, 0) is 4.74 Å². The van der Waals surface area contributed by atoms with Crippen molar-refractivity contribution in [1.82, 2.24) is 19.6 Å². The molecule has 0 unspecified atom stereocenters. The van der Waals surface area contributed by atoms with Gasteiger partial charge in [-0.1, -0.05) is 0 Å². The van der Waals surface area contributed by atoms with E-state index in [4.69, 9.17) is 4.74 Å². The van der Waals surface area contributed by atoms with Crippen molar-refractivity contribution < 1.29 is 14.3 Å². The maximum absolute atomic E-state index is 12.3. The van der Waals surface area contributed by atoms with E-state index in [1.54, 1.807) is 50.5 Å². The maximum Gasteiger partial charge on any atom is 0.413 e. The van der Waals surface area contributed by atoms with Gasteiger partial charge in [-0.05, 0) is 44.2 Å². The lowest BCUT2D eigenvalue weighted by atomic mass is 10.2. The molecule has 0 radical (unpaired) electrons. The van der Waals surface area contributed by atoms with Gasteiger partial charge in [-0.2, -0.15) is 4.98 Å². The average Bonchev–Trinajstić information content (AvgIpc) is 3.08. The van der Waals surface area contributed by atoms with Gasteiger partial charge in [-0.3, -0.25) is 9.69 Å². The molecule has 3 rings (SSSR count). The Balaban J connectivity index is 1.73. The fourth-order valence-electron chi connectivity index (χ4n) is 2.28. The number of nitrogens with one attached hydrogen (secondary N) is 1. The molecule has 0 saturated heterocycles. The Morgan fingerprint density at radius 1 is 1.23 bits per heavy atom. The summed E-state index contributed by atoms with van der Waals surface area (Å²) in [7, 11) is 1.61. The van der Waals surface area contributed by atoms with E-state index in [1.165, 1.54) is 9.42 Å². The standard InChI is InChI=1S/C17H18N6O3/c1-4-26-17(25)22(3)13-7-5-12(6-8-13)19-15(24)14-20-16-18-10-9-11(2)23(16)21-14/h5-10H,4H2,1-3H3,(H,19,24). The number of ether oxygens (including phenoxy) is 1. The van der Waals surface area contributed by atoms with Crippen LogP contribution in [0, 0.1) is 6.92 Å². The van der Waals surface area contributed by atoms with Gasteiger partial charge < -0.3 is 10.1 Å². The number of carbonyl (C=O) groups is 2. The van der Waals surface area contributed by atoms with Gasteiger partial charge in [0.25, 0.3) is 11.7 Å². The van der Waals surface area contributed by atoms with Gasteiger partial charge in [-0.25, -0.2) is 14.3 Å². The number of carbonyl (C=O) groups excluding carboxylic acids is 2. The van der Waals surface area contributed by atoms with Crippen LogP contribution in [0.1, 0.15) is 23.2 Å². The van der Waals surface area contributed by atoms with Crippen LogP contribution >= 0.6 is 0 Å². The zero-order valence-electron chi connectivity index (χ0n) is 14.6. The number of hydrogen-bond donors (Lipinski definition) is 1. The molecule has 0 spiro atoms. The zero-order valence-corrected chi connectivity index (χ0v) is 14.6. The second-order valence-corrected chi connectivity index (χ2v) is 5.49. The van der Waals surface area contributed by atoms with Crippen molar-refractivity contribution in [3.8, 4) is 0 Å². The Hall–Kier alpha value is -3.49. The number of nitrogens with zero attached hydrogens (tertiary/aromatic N) is 5. The van der Waals surface area contributed by atoms with Crippen LogP contribution in [0.3, 0.4) is 0 Å². The van der Waals surface area contributed by atoms with Crippen LogP contribution in [-0.4, -0.2) is 45.2 Å². The SMILES string of the molecule is CCOC(=O)N(C)c1ccc(NC(=O)c2nc3nccc(C)n3n2)cc1. The highest BCUT2D eigenvalue weighted by atomic mass is 16.6. The lowest BCUT2D eigenvalue weighted by Crippen LogP contribution is -2.26. The number of anilines is 2. The van der Waals surface area contributed by atoms with Crippen molar-refractivity contribution in [3.63, 3.8) is 0 Å². The van der Waals surface area contributed by atoms with Crippen LogP contribution in [0.5, 0.6) is 0 Å². The summed E-state index contributed by atoms with van der Waals surface area (Å²) in [6, 6.07) is 8.55. The molecule has 0 aliphatic heterocycles. The number of aryl methyl sites for hydroxylation is 1. The molecule has 1 N–H and O–H groups in total. The Bertz CT molecular complexity index is 951. The smallest absolute Gasteiger partial charge is 0.413 e. The molecule has 0 fully saturated rings. The number of aromatic nitrogens is 4. The first-order valence-corrected chi connectivity index (χ1v) is 8.00. The highest BCUT2D eigenvalue weighted by Crippen LogP contribution is 2.18. The average molecular weight is 354 g/mol. The van der Waals surface area contributed by atoms with Crippen LogP contribution in [0.25, 0.3) is 5.78 Å². The molecule has 26 heavy (non-hydrogen) atoms. The molecule has 2 heterocycles. The summed E-state index contributed by atoms with van der Waals surface area (Å²) in [5.74, 6) is -0.0533. The number of hydrogen-bond acceptors (Lipinski definition) is 6. The molecule has 134 valence electrons. The molecule has 9 heteroatoms. The fraction of sp³-hybridized carbons (Fsp3) is 0.235. The molecule has 0 aliphatic carbocycles. The third kappa shape index (κ3) is 3.46. The van der Waals surface area contributed by atoms with Gasteiger partial charge in [0.15, 0.2) is 0 Å². The zero-order chi connectivity index (χ0) is 18.7. The summed E-state index contributed by atoms with van der Waals surface area (Å²) in [4.78, 5) is 33.6. The van der Waals surface area contributed by atoms with Crippen molar-refractivity contribution in [2.75, 3.05) is 23.9 Å². The van der Waals surface area contributed by atoms with Crippen molar-refractivity contribution >= 4 is 29.2 Å². The monoisotopic (exact) mass is 354 g/mol. The van der Waals surface area contributed by atoms with Gasteiger partial charge in [0.1, 0.15) is 0 Å². The predicted molar refractivity (Wildman–Crippen MR) is 95.3 cm³/mol. The first-order chi connectivity index (χ1) is 12.5. The second-order valence-electron chi connectivity index (χ2n) is 5.49. The minimum Gasteiger partial charge on any atom is -0.449 e. The molecule has 2 amide bonds. The normalized spacial score (nSPS) is 10.6. The van der Waals surface area contributed by atoms with Gasteiger partial charge in [0.05, 0.1) is 6.61 Å². The summed E-state index contributed by atoms with van der Waals surface area (Å²) >= 11 is 0. The molecule has 0 bridgehead atoms. The molecule has 0 aliphatic rings. The van der Waals surface area contributed by atoms with E-state index in [0.717, 1.165) is 5.69 Å². The summed E-state index contributed by atoms with van der Waals surface area (Å²) in [5, 5.41) is 6.88. The Morgan fingerprint density at radius 2 is 1.96 bits per heavy atom. The van der Waals surface area contributed by atoms with E-state index < -0.39 is 12.0 Å². The van der Waals surface area contributed by atoms with Crippen LogP contribution in [0.15, 0.2) is 36.5 Å². The minimum absolute atomic E-state index is 0.0273. The molecule has 1 aromatic carbocycles. The third-order valence-corrected chi connectivity index (χ3v) is 3.69. The first kappa shape index (κ1) is 17.3. The van der Waals surface area contributed by atoms with Crippen LogP contribution in [0.2, 0.25) is 0 Å². The van der Waals surface area contributed by atoms with E-state index >= 15 is 0 Å². The topological polar surface area (TPSA) is 102 Å². The van der Waals surface area contributed by atoms with Crippen LogP contribution < -0.4 is 10.2 Å². The largest absolute Gasteiger partial charge is 0.449 e. The summed E-state index contributed by atoms with van der Waals surface area (Å²) in [5.41, 5.74) is 2.03. The number of benzene rings is 1. The van der Waals surface area contributed by atoms with Gasteiger partial charge >= 0.3 is 6.09 Å². The van der Waals surface area contributed by atoms with Gasteiger partial charge in [0, 0.05) is 30.3 Å². The van der Waals surface area contributed by atoms with Gasteiger partial charge in [-0.15, -0.1) is 5.10 Å². The van der Waals surface area contributed by atoms with E-state index in [0.29, 0.717) is 23.8 Å². The highest BCUT2D eigenvalue weighted by Gasteiger charge is 2.15. The molecule has 3 aromatic rings. The van der Waals surface area contributed by atoms with E-state index in [-0.39, 0.29) is 5.82 Å². The van der Waals surface area contributed by atoms with Crippen LogP contribution in [0.4, 0.5) is 16.2 Å². The summed E-state index contributed by atoms with van der Waals surface area (Å²) in [6.45, 7) is 3.90. The fourth-order valence-corrected chi connectivity index (χ4v) is 2.28. The van der Waals surface area contributed by atoms with Crippen molar-refractivity contribution in [2.45, 2.75) is 13.8 Å². The quantitative estimate of drug-likeness (QED) is 0.771. The van der Waals surface area contributed by atoms with Crippen molar-refractivity contribution in [3.05, 3.63) is 48.0 Å². The summed E-state index contributed by atoms with van der Waals surface area (Å²) < 4.78 is 6.45. The summed E-state index contributed by atoms with van der Waals surface area (Å²) in [6.07, 6.45) is 1.17. The van der Waals surface area contributed by atoms with Crippen molar-refractivity contribution in [2.24, 2.45) is 0 Å². The molecule has 9 nitrogen and oxygen atoms in total. The number of rotatable bonds is 4. The maximum atomic E-state index is 12.3. The first-order valence-electron chi connectivity index (χ1n) is 8.00. The molecular formula is C17H18N6O3. The molecule has 0 saturated carbocycles. The number of fused-ring (bicyclic) bond motifs is 1. The second kappa shape index (κ2) is 7.18. The predicted octanol–water partition coefficient (Wildman–Crippen LogP) is 2.28. The molecule has 0 atom stereocenters. The van der Waals surface area contributed by atoms with Gasteiger partial charge in [0.2, 0.25) is 5.82 Å². The minimum atomic E-state index is -0.443. The Labute approximate surface area is 149 Å². The lowest BCUT2D eigenvalue weighted by molar-refractivity contribution is 0.101. The molecular weight excluding hydrogens is 336 g/mol. The van der Waals surface area contributed by atoms with Crippen molar-refractivity contribution in [1.29, 1.82) is 0 Å². The Morgan fingerprint density at radius 3 is 2.62 bits per heavy atom. The highest BCUT2D eigenvalue weighted by molar-refractivity contribution is 6.02. The lowest BCUT2D eigenvalue weighted by Gasteiger charge is -2.16. The number of amides is 2. The van der Waals surface area contributed by atoms with E-state index in [9.17, 15) is 9.59 Å².